The summed E-state index contributed by atoms with van der Waals surface area (Å²) in [7, 11) is 0. The lowest BCUT2D eigenvalue weighted by atomic mass is 10.1. The van der Waals surface area contributed by atoms with Gasteiger partial charge in [-0.2, -0.15) is 0 Å². The van der Waals surface area contributed by atoms with Crippen molar-refractivity contribution in [3.8, 4) is 0 Å². The maximum Gasteiger partial charge on any atom is 0.0406 e. The van der Waals surface area contributed by atoms with Crippen LogP contribution in [0.4, 0.5) is 0 Å². The van der Waals surface area contributed by atoms with E-state index in [0.29, 0.717) is 5.88 Å². The summed E-state index contributed by atoms with van der Waals surface area (Å²) < 4.78 is 0. The normalized spacial score (nSPS) is 11.6. The van der Waals surface area contributed by atoms with Crippen molar-refractivity contribution in [1.82, 2.24) is 0 Å². The zero-order valence-electron chi connectivity index (χ0n) is 5.86. The Bertz CT molecular complexity index is 103. The first kappa shape index (κ1) is 8.77. The highest BCUT2D eigenvalue weighted by Gasteiger charge is 1.84. The average molecular weight is 145 g/mol. The van der Waals surface area contributed by atoms with Gasteiger partial charge in [0.1, 0.15) is 0 Å². The number of allylic oxidation sites excluding steroid dienone is 3. The fourth-order valence-electron chi connectivity index (χ4n) is 0.564. The van der Waals surface area contributed by atoms with Gasteiger partial charge in [0.2, 0.25) is 0 Å². The molecule has 0 saturated carbocycles. The Labute approximate surface area is 62.2 Å². The highest BCUT2D eigenvalue weighted by atomic mass is 35.5. The second-order valence-electron chi connectivity index (χ2n) is 2.03. The molecule has 0 aliphatic rings. The first-order valence-corrected chi connectivity index (χ1v) is 3.67. The van der Waals surface area contributed by atoms with Gasteiger partial charge in [-0.3, -0.25) is 0 Å². The molecule has 0 aromatic heterocycles. The van der Waals surface area contributed by atoms with Crippen LogP contribution in [0.25, 0.3) is 0 Å². The molecule has 1 heteroatoms. The molecule has 0 unspecified atom stereocenters. The first-order chi connectivity index (χ1) is 4.31. The van der Waals surface area contributed by atoms with Gasteiger partial charge in [0.15, 0.2) is 0 Å². The Hall–Kier alpha value is -0.230. The van der Waals surface area contributed by atoms with Crippen molar-refractivity contribution in [3.05, 3.63) is 24.3 Å². The zero-order chi connectivity index (χ0) is 7.11. The van der Waals surface area contributed by atoms with E-state index in [1.54, 1.807) is 0 Å². The summed E-state index contributed by atoms with van der Waals surface area (Å²) in [5.74, 6) is 0.628. The molecule has 0 aromatic rings. The third kappa shape index (κ3) is 5.64. The maximum atomic E-state index is 5.47. The van der Waals surface area contributed by atoms with Gasteiger partial charge in [0.05, 0.1) is 0 Å². The lowest BCUT2D eigenvalue weighted by Crippen LogP contribution is -1.75. The highest BCUT2D eigenvalue weighted by molar-refractivity contribution is 6.18. The number of hydrogen-bond donors (Lipinski definition) is 0. The van der Waals surface area contributed by atoms with Gasteiger partial charge in [0.25, 0.3) is 0 Å². The summed E-state index contributed by atoms with van der Waals surface area (Å²) in [5, 5.41) is 0. The number of halogens is 1. The van der Waals surface area contributed by atoms with E-state index in [-0.39, 0.29) is 0 Å². The monoisotopic (exact) mass is 144 g/mol. The summed E-state index contributed by atoms with van der Waals surface area (Å²) in [5.41, 5.74) is 1.35. The molecule has 0 saturated heterocycles. The van der Waals surface area contributed by atoms with Crippen LogP contribution in [0.15, 0.2) is 24.3 Å². The summed E-state index contributed by atoms with van der Waals surface area (Å²) in [6, 6.07) is 0. The second-order valence-corrected chi connectivity index (χ2v) is 2.34. The molecule has 0 aliphatic heterocycles. The van der Waals surface area contributed by atoms with Crippen LogP contribution in [0.2, 0.25) is 0 Å². The molecule has 0 bridgehead atoms. The highest BCUT2D eigenvalue weighted by Crippen LogP contribution is 2.03. The van der Waals surface area contributed by atoms with Gasteiger partial charge in [-0.15, -0.1) is 18.2 Å². The Balaban J connectivity index is 3.36. The SMILES string of the molecule is C=CCC/C(C)=C/CCl. The summed E-state index contributed by atoms with van der Waals surface area (Å²) in [6.45, 7) is 5.72. The molecule has 0 fully saturated rings. The lowest BCUT2D eigenvalue weighted by molar-refractivity contribution is 0.977. The van der Waals surface area contributed by atoms with E-state index in [2.05, 4.69) is 13.5 Å². The van der Waals surface area contributed by atoms with Crippen molar-refractivity contribution in [2.75, 3.05) is 5.88 Å². The molecule has 0 aliphatic carbocycles. The van der Waals surface area contributed by atoms with Gasteiger partial charge in [-0.1, -0.05) is 17.7 Å². The molecule has 9 heavy (non-hydrogen) atoms. The minimum atomic E-state index is 0.628. The fraction of sp³-hybridized carbons (Fsp3) is 0.500. The van der Waals surface area contributed by atoms with Gasteiger partial charge in [-0.25, -0.2) is 0 Å². The molecule has 0 heterocycles. The molecule has 0 atom stereocenters. The van der Waals surface area contributed by atoms with Gasteiger partial charge >= 0.3 is 0 Å². The Kier molecular flexibility index (Phi) is 5.75. The standard InChI is InChI=1S/C8H13Cl/c1-3-4-5-8(2)6-7-9/h3,6H,1,4-5,7H2,2H3/b8-6+. The van der Waals surface area contributed by atoms with Crippen molar-refractivity contribution < 1.29 is 0 Å². The van der Waals surface area contributed by atoms with E-state index in [1.165, 1.54) is 5.57 Å². The largest absolute Gasteiger partial charge is 0.122 e. The molecule has 0 amide bonds. The van der Waals surface area contributed by atoms with Crippen molar-refractivity contribution in [1.29, 1.82) is 0 Å². The molecule has 0 rings (SSSR count). The number of alkyl halides is 1. The molecular weight excluding hydrogens is 132 g/mol. The molecule has 0 radical (unpaired) electrons. The van der Waals surface area contributed by atoms with Crippen molar-refractivity contribution in [2.24, 2.45) is 0 Å². The van der Waals surface area contributed by atoms with E-state index < -0.39 is 0 Å². The van der Waals surface area contributed by atoms with E-state index in [1.807, 2.05) is 12.2 Å². The average Bonchev–Trinajstić information content (AvgIpc) is 1.85. The van der Waals surface area contributed by atoms with Crippen LogP contribution in [-0.2, 0) is 0 Å². The molecular formula is C8H13Cl. The number of hydrogen-bond acceptors (Lipinski definition) is 0. The Morgan fingerprint density at radius 3 is 2.78 bits per heavy atom. The van der Waals surface area contributed by atoms with Crippen LogP contribution in [0.3, 0.4) is 0 Å². The topological polar surface area (TPSA) is 0 Å². The molecule has 52 valence electrons. The van der Waals surface area contributed by atoms with Crippen molar-refractivity contribution >= 4 is 11.6 Å². The second kappa shape index (κ2) is 5.90. The summed E-state index contributed by atoms with van der Waals surface area (Å²) in [4.78, 5) is 0. The molecule has 0 spiro atoms. The predicted molar refractivity (Wildman–Crippen MR) is 43.9 cm³/mol. The quantitative estimate of drug-likeness (QED) is 0.420. The van der Waals surface area contributed by atoms with Crippen LogP contribution in [0.1, 0.15) is 19.8 Å². The van der Waals surface area contributed by atoms with Crippen LogP contribution in [-0.4, -0.2) is 5.88 Å². The van der Waals surface area contributed by atoms with E-state index in [4.69, 9.17) is 11.6 Å². The third-order valence-electron chi connectivity index (χ3n) is 1.17. The van der Waals surface area contributed by atoms with Crippen molar-refractivity contribution in [3.63, 3.8) is 0 Å². The molecule has 0 nitrogen and oxygen atoms in total. The lowest BCUT2D eigenvalue weighted by Gasteiger charge is -1.93. The molecule has 0 N–H and O–H groups in total. The Morgan fingerprint density at radius 1 is 1.67 bits per heavy atom. The van der Waals surface area contributed by atoms with E-state index in [9.17, 15) is 0 Å². The fourth-order valence-corrected chi connectivity index (χ4v) is 0.827. The van der Waals surface area contributed by atoms with Crippen molar-refractivity contribution in [2.45, 2.75) is 19.8 Å². The number of rotatable bonds is 4. The zero-order valence-corrected chi connectivity index (χ0v) is 6.62. The minimum absolute atomic E-state index is 0.628. The molecule has 0 aromatic carbocycles. The smallest absolute Gasteiger partial charge is 0.0406 e. The Morgan fingerprint density at radius 2 is 2.33 bits per heavy atom. The van der Waals surface area contributed by atoms with Crippen LogP contribution in [0, 0.1) is 0 Å². The predicted octanol–water partition coefficient (Wildman–Crippen LogP) is 3.14. The van der Waals surface area contributed by atoms with Gasteiger partial charge in [0, 0.05) is 5.88 Å². The first-order valence-electron chi connectivity index (χ1n) is 3.13. The summed E-state index contributed by atoms with van der Waals surface area (Å²) >= 11 is 5.47. The van der Waals surface area contributed by atoms with E-state index >= 15 is 0 Å². The van der Waals surface area contributed by atoms with E-state index in [0.717, 1.165) is 12.8 Å². The van der Waals surface area contributed by atoms with Crippen LogP contribution in [0.5, 0.6) is 0 Å². The van der Waals surface area contributed by atoms with Crippen LogP contribution < -0.4 is 0 Å². The minimum Gasteiger partial charge on any atom is -0.122 e. The van der Waals surface area contributed by atoms with Crippen LogP contribution >= 0.6 is 11.6 Å². The third-order valence-corrected chi connectivity index (χ3v) is 1.32. The maximum absolute atomic E-state index is 5.47. The van der Waals surface area contributed by atoms with Gasteiger partial charge < -0.3 is 0 Å². The summed E-state index contributed by atoms with van der Waals surface area (Å²) in [6.07, 6.45) is 6.10. The van der Waals surface area contributed by atoms with Gasteiger partial charge in [-0.05, 0) is 19.8 Å².